The quantitative estimate of drug-likeness (QED) is 0.236. The number of halogens is 1. The summed E-state index contributed by atoms with van der Waals surface area (Å²) in [5.74, 6) is 3.68. The SMILES string of the molecule is CSCCCNC(=NCc1nnc(C)n1C)NC(C)C1CN(C)CCO1.I. The van der Waals surface area contributed by atoms with E-state index in [1.807, 2.05) is 30.3 Å². The number of nitrogens with zero attached hydrogens (tertiary/aromatic N) is 5. The number of hydrogen-bond acceptors (Lipinski definition) is 6. The minimum absolute atomic E-state index is 0. The van der Waals surface area contributed by atoms with Crippen LogP contribution in [0, 0.1) is 6.92 Å². The lowest BCUT2D eigenvalue weighted by Crippen LogP contribution is -2.53. The van der Waals surface area contributed by atoms with E-state index in [1.165, 1.54) is 0 Å². The maximum Gasteiger partial charge on any atom is 0.192 e. The molecule has 2 atom stereocenters. The molecule has 156 valence electrons. The summed E-state index contributed by atoms with van der Waals surface area (Å²) in [6.07, 6.45) is 3.38. The van der Waals surface area contributed by atoms with Crippen molar-refractivity contribution in [3.63, 3.8) is 0 Å². The molecule has 1 saturated heterocycles. The molecule has 2 unspecified atom stereocenters. The molecule has 1 aliphatic heterocycles. The predicted octanol–water partition coefficient (Wildman–Crippen LogP) is 1.25. The highest BCUT2D eigenvalue weighted by molar-refractivity contribution is 14.0. The number of likely N-dealkylation sites (N-methyl/N-ethyl adjacent to an activating group) is 1. The summed E-state index contributed by atoms with van der Waals surface area (Å²) in [4.78, 5) is 7.02. The smallest absolute Gasteiger partial charge is 0.192 e. The topological polar surface area (TPSA) is 79.6 Å². The van der Waals surface area contributed by atoms with Crippen molar-refractivity contribution in [1.82, 2.24) is 30.3 Å². The Bertz CT molecular complexity index is 584. The van der Waals surface area contributed by atoms with E-state index < -0.39 is 0 Å². The molecule has 27 heavy (non-hydrogen) atoms. The van der Waals surface area contributed by atoms with Gasteiger partial charge in [0.05, 0.1) is 18.8 Å². The van der Waals surface area contributed by atoms with E-state index in [2.05, 4.69) is 46.0 Å². The zero-order valence-corrected chi connectivity index (χ0v) is 20.2. The average molecular weight is 511 g/mol. The van der Waals surface area contributed by atoms with Crippen molar-refractivity contribution < 1.29 is 4.74 Å². The van der Waals surface area contributed by atoms with E-state index in [-0.39, 0.29) is 36.1 Å². The highest BCUT2D eigenvalue weighted by Crippen LogP contribution is 2.07. The Morgan fingerprint density at radius 3 is 2.81 bits per heavy atom. The van der Waals surface area contributed by atoms with Crippen LogP contribution in [0.5, 0.6) is 0 Å². The van der Waals surface area contributed by atoms with Gasteiger partial charge in [-0.2, -0.15) is 11.8 Å². The lowest BCUT2D eigenvalue weighted by Gasteiger charge is -2.34. The second kappa shape index (κ2) is 12.8. The molecule has 1 aromatic heterocycles. The molecular weight excluding hydrogens is 477 g/mol. The number of ether oxygens (including phenoxy) is 1. The van der Waals surface area contributed by atoms with Crippen LogP contribution in [0.4, 0.5) is 0 Å². The largest absolute Gasteiger partial charge is 0.373 e. The van der Waals surface area contributed by atoms with E-state index in [4.69, 9.17) is 9.73 Å². The van der Waals surface area contributed by atoms with E-state index in [9.17, 15) is 0 Å². The van der Waals surface area contributed by atoms with Gasteiger partial charge in [-0.05, 0) is 39.3 Å². The number of aryl methyl sites for hydroxylation is 1. The maximum absolute atomic E-state index is 5.92. The fraction of sp³-hybridized carbons (Fsp3) is 0.824. The molecule has 2 N–H and O–H groups in total. The van der Waals surface area contributed by atoms with Gasteiger partial charge < -0.3 is 24.8 Å². The molecule has 0 aliphatic carbocycles. The van der Waals surface area contributed by atoms with Crippen LogP contribution in [-0.4, -0.2) is 83.1 Å². The number of thioether (sulfide) groups is 1. The Balaban J connectivity index is 0.00000364. The lowest BCUT2D eigenvalue weighted by atomic mass is 10.1. The van der Waals surface area contributed by atoms with Gasteiger partial charge in [0.2, 0.25) is 0 Å². The molecular formula is C17H34IN7OS. The van der Waals surface area contributed by atoms with Gasteiger partial charge in [-0.3, -0.25) is 0 Å². The fourth-order valence-corrected chi connectivity index (χ4v) is 3.17. The second-order valence-electron chi connectivity index (χ2n) is 6.76. The van der Waals surface area contributed by atoms with Crippen molar-refractivity contribution in [2.24, 2.45) is 12.0 Å². The average Bonchev–Trinajstić information content (AvgIpc) is 2.95. The van der Waals surface area contributed by atoms with Crippen LogP contribution in [0.3, 0.4) is 0 Å². The minimum Gasteiger partial charge on any atom is -0.373 e. The third-order valence-electron chi connectivity index (χ3n) is 4.60. The molecule has 1 aliphatic rings. The first-order valence-electron chi connectivity index (χ1n) is 9.20. The summed E-state index contributed by atoms with van der Waals surface area (Å²) in [7, 11) is 4.10. The van der Waals surface area contributed by atoms with Crippen molar-refractivity contribution in [2.45, 2.75) is 39.0 Å². The Morgan fingerprint density at radius 1 is 1.41 bits per heavy atom. The van der Waals surface area contributed by atoms with E-state index in [0.717, 1.165) is 56.0 Å². The standard InChI is InChI=1S/C17H33N7OS.HI/c1-13(15-12-23(3)8-9-25-15)20-17(18-7-6-10-26-5)19-11-16-22-21-14(2)24(16)4;/h13,15H,6-12H2,1-5H3,(H2,18,19,20);1H. The highest BCUT2D eigenvalue weighted by atomic mass is 127. The molecule has 2 heterocycles. The summed E-state index contributed by atoms with van der Waals surface area (Å²) in [6.45, 7) is 8.17. The van der Waals surface area contributed by atoms with Gasteiger partial charge in [-0.1, -0.05) is 0 Å². The first-order chi connectivity index (χ1) is 12.5. The fourth-order valence-electron chi connectivity index (χ4n) is 2.74. The van der Waals surface area contributed by atoms with Gasteiger partial charge in [-0.25, -0.2) is 4.99 Å². The first-order valence-corrected chi connectivity index (χ1v) is 10.6. The number of aromatic nitrogens is 3. The van der Waals surface area contributed by atoms with Crippen LogP contribution in [-0.2, 0) is 18.3 Å². The maximum atomic E-state index is 5.92. The highest BCUT2D eigenvalue weighted by Gasteiger charge is 2.24. The molecule has 1 fully saturated rings. The monoisotopic (exact) mass is 511 g/mol. The van der Waals surface area contributed by atoms with E-state index in [1.54, 1.807) is 0 Å². The Morgan fingerprint density at radius 2 is 2.19 bits per heavy atom. The van der Waals surface area contributed by atoms with E-state index in [0.29, 0.717) is 6.54 Å². The zero-order valence-electron chi connectivity index (χ0n) is 17.1. The van der Waals surface area contributed by atoms with Crippen molar-refractivity contribution in [2.75, 3.05) is 45.3 Å². The van der Waals surface area contributed by atoms with Crippen LogP contribution >= 0.6 is 35.7 Å². The molecule has 0 spiro atoms. The van der Waals surface area contributed by atoms with Crippen molar-refractivity contribution >= 4 is 41.7 Å². The van der Waals surface area contributed by atoms with Crippen LogP contribution < -0.4 is 10.6 Å². The molecule has 0 bridgehead atoms. The minimum atomic E-state index is 0. The van der Waals surface area contributed by atoms with Gasteiger partial charge in [0.1, 0.15) is 12.4 Å². The number of rotatable bonds is 8. The van der Waals surface area contributed by atoms with Crippen LogP contribution in [0.15, 0.2) is 4.99 Å². The third-order valence-corrected chi connectivity index (χ3v) is 5.29. The van der Waals surface area contributed by atoms with Gasteiger partial charge in [0, 0.05) is 26.7 Å². The van der Waals surface area contributed by atoms with Crippen molar-refractivity contribution in [3.8, 4) is 0 Å². The summed E-state index contributed by atoms with van der Waals surface area (Å²) in [5.41, 5.74) is 0. The van der Waals surface area contributed by atoms with Crippen molar-refractivity contribution in [3.05, 3.63) is 11.6 Å². The van der Waals surface area contributed by atoms with Gasteiger partial charge in [0.25, 0.3) is 0 Å². The number of nitrogens with one attached hydrogen (secondary N) is 2. The first kappa shape index (κ1) is 24.4. The van der Waals surface area contributed by atoms with Crippen LogP contribution in [0.25, 0.3) is 0 Å². The number of aliphatic imine (C=N–C) groups is 1. The number of hydrogen-bond donors (Lipinski definition) is 2. The Hall–Kier alpha value is -0.590. The summed E-state index contributed by atoms with van der Waals surface area (Å²) in [6, 6.07) is 0.172. The van der Waals surface area contributed by atoms with Crippen LogP contribution in [0.1, 0.15) is 25.0 Å². The normalized spacial score (nSPS) is 19.4. The molecule has 2 rings (SSSR count). The van der Waals surface area contributed by atoms with Gasteiger partial charge >= 0.3 is 0 Å². The molecule has 8 nitrogen and oxygen atoms in total. The molecule has 10 heteroatoms. The van der Waals surface area contributed by atoms with Gasteiger partial charge in [-0.15, -0.1) is 34.2 Å². The zero-order chi connectivity index (χ0) is 18.9. The van der Waals surface area contributed by atoms with E-state index >= 15 is 0 Å². The summed E-state index contributed by atoms with van der Waals surface area (Å²) >= 11 is 1.86. The van der Waals surface area contributed by atoms with Gasteiger partial charge in [0.15, 0.2) is 11.8 Å². The summed E-state index contributed by atoms with van der Waals surface area (Å²) in [5, 5.41) is 15.2. The van der Waals surface area contributed by atoms with Crippen molar-refractivity contribution in [1.29, 1.82) is 0 Å². The lowest BCUT2D eigenvalue weighted by molar-refractivity contribution is -0.0324. The molecule has 1 aromatic rings. The predicted molar refractivity (Wildman–Crippen MR) is 123 cm³/mol. The second-order valence-corrected chi connectivity index (χ2v) is 7.75. The Labute approximate surface area is 184 Å². The molecule has 0 radical (unpaired) electrons. The molecule has 0 aromatic carbocycles. The third kappa shape index (κ3) is 8.12. The number of guanidine groups is 1. The number of morpholine rings is 1. The molecule has 0 saturated carbocycles. The summed E-state index contributed by atoms with van der Waals surface area (Å²) < 4.78 is 7.89. The van der Waals surface area contributed by atoms with Crippen LogP contribution in [0.2, 0.25) is 0 Å². The Kier molecular flexibility index (Phi) is 11.6. The molecule has 0 amide bonds.